The molecule has 1 unspecified atom stereocenters. The summed E-state index contributed by atoms with van der Waals surface area (Å²) in [5.41, 5.74) is 12.5. The Labute approximate surface area is 168 Å². The third-order valence-electron chi connectivity index (χ3n) is 4.47. The fraction of sp³-hybridized carbons (Fsp3) is 0.263. The third kappa shape index (κ3) is 5.22. The van der Waals surface area contributed by atoms with Crippen molar-refractivity contribution < 1.29 is 23.1 Å². The first kappa shape index (κ1) is 21.0. The van der Waals surface area contributed by atoms with Crippen LogP contribution < -0.4 is 5.73 Å². The number of halogens is 3. The van der Waals surface area contributed by atoms with Gasteiger partial charge in [0.05, 0.1) is 11.9 Å². The molecule has 1 aromatic carbocycles. The number of H-pyrrole nitrogens is 1. The molecule has 0 amide bonds. The second-order valence-corrected chi connectivity index (χ2v) is 7.34. The van der Waals surface area contributed by atoms with E-state index in [1.54, 1.807) is 11.3 Å². The predicted octanol–water partition coefficient (Wildman–Crippen LogP) is 3.79. The van der Waals surface area contributed by atoms with Crippen LogP contribution in [0.1, 0.15) is 22.7 Å². The topological polar surface area (TPSA) is 95.2 Å². The van der Waals surface area contributed by atoms with Gasteiger partial charge < -0.3 is 10.8 Å². The number of fused-ring (bicyclic) bond motifs is 1. The van der Waals surface area contributed by atoms with Crippen molar-refractivity contribution in [3.05, 3.63) is 64.0 Å². The zero-order valence-corrected chi connectivity index (χ0v) is 16.0. The largest absolute Gasteiger partial charge is 0.490 e. The summed E-state index contributed by atoms with van der Waals surface area (Å²) in [7, 11) is 0. The van der Waals surface area contributed by atoms with Crippen LogP contribution in [-0.4, -0.2) is 38.9 Å². The molecule has 0 spiro atoms. The van der Waals surface area contributed by atoms with Crippen molar-refractivity contribution in [3.63, 3.8) is 0 Å². The molecule has 0 bridgehead atoms. The van der Waals surface area contributed by atoms with E-state index >= 15 is 0 Å². The molecule has 4 N–H and O–H groups in total. The van der Waals surface area contributed by atoms with Crippen molar-refractivity contribution in [2.45, 2.75) is 25.3 Å². The third-order valence-corrected chi connectivity index (χ3v) is 5.15. The molecule has 3 heterocycles. The SMILES string of the molecule is NC1CN(Cc2cn[nH]c2-c2ccsc2)Cc2ccccc21.O=C(O)C(F)(F)F. The number of rotatable bonds is 3. The highest BCUT2D eigenvalue weighted by Gasteiger charge is 2.38. The molecule has 1 aliphatic rings. The van der Waals surface area contributed by atoms with E-state index in [1.165, 1.54) is 22.3 Å². The van der Waals surface area contributed by atoms with E-state index in [2.05, 4.69) is 56.2 Å². The molecule has 1 atom stereocenters. The fourth-order valence-corrected chi connectivity index (χ4v) is 3.82. The summed E-state index contributed by atoms with van der Waals surface area (Å²) in [6.45, 7) is 2.69. The lowest BCUT2D eigenvalue weighted by Gasteiger charge is -2.32. The van der Waals surface area contributed by atoms with E-state index in [0.29, 0.717) is 0 Å². The number of aromatic amines is 1. The lowest BCUT2D eigenvalue weighted by molar-refractivity contribution is -0.192. The number of alkyl halides is 3. The van der Waals surface area contributed by atoms with E-state index < -0.39 is 12.1 Å². The number of hydrogen-bond acceptors (Lipinski definition) is 5. The number of aliphatic carboxylic acids is 1. The fourth-order valence-electron chi connectivity index (χ4n) is 3.17. The lowest BCUT2D eigenvalue weighted by Crippen LogP contribution is -2.36. The average Bonchev–Trinajstić information content (AvgIpc) is 3.33. The van der Waals surface area contributed by atoms with Gasteiger partial charge in [0, 0.05) is 42.2 Å². The van der Waals surface area contributed by atoms with E-state index in [1.807, 2.05) is 6.20 Å². The molecule has 0 aliphatic carbocycles. The van der Waals surface area contributed by atoms with E-state index in [4.69, 9.17) is 15.6 Å². The van der Waals surface area contributed by atoms with E-state index in [9.17, 15) is 13.2 Å². The van der Waals surface area contributed by atoms with Crippen LogP contribution in [0.2, 0.25) is 0 Å². The number of aromatic nitrogens is 2. The number of hydrogen-bond donors (Lipinski definition) is 3. The minimum absolute atomic E-state index is 0.0847. The molecule has 3 aromatic rings. The molecule has 0 saturated carbocycles. The van der Waals surface area contributed by atoms with E-state index in [0.717, 1.165) is 25.3 Å². The quantitative estimate of drug-likeness (QED) is 0.595. The van der Waals surface area contributed by atoms with Gasteiger partial charge in [-0.2, -0.15) is 29.6 Å². The normalized spacial score (nSPS) is 16.6. The molecular weight excluding hydrogens is 405 g/mol. The van der Waals surface area contributed by atoms with Crippen molar-refractivity contribution in [1.29, 1.82) is 0 Å². The van der Waals surface area contributed by atoms with Gasteiger partial charge in [-0.15, -0.1) is 0 Å². The van der Waals surface area contributed by atoms with Gasteiger partial charge in [-0.25, -0.2) is 4.79 Å². The number of nitrogens with zero attached hydrogens (tertiary/aromatic N) is 2. The number of benzene rings is 1. The Kier molecular flexibility index (Phi) is 6.36. The Balaban J connectivity index is 0.000000298. The van der Waals surface area contributed by atoms with Gasteiger partial charge in [0.2, 0.25) is 0 Å². The Bertz CT molecular complexity index is 957. The monoisotopic (exact) mass is 424 g/mol. The van der Waals surface area contributed by atoms with Crippen molar-refractivity contribution in [2.24, 2.45) is 5.73 Å². The maximum absolute atomic E-state index is 10.6. The lowest BCUT2D eigenvalue weighted by atomic mass is 9.95. The number of nitrogens with two attached hydrogens (primary N) is 1. The zero-order valence-electron chi connectivity index (χ0n) is 15.2. The van der Waals surface area contributed by atoms with Gasteiger partial charge in [-0.05, 0) is 22.6 Å². The second kappa shape index (κ2) is 8.76. The first-order valence-corrected chi connectivity index (χ1v) is 9.60. The van der Waals surface area contributed by atoms with Gasteiger partial charge in [0.25, 0.3) is 0 Å². The van der Waals surface area contributed by atoms with Crippen LogP contribution in [0, 0.1) is 0 Å². The minimum atomic E-state index is -5.08. The maximum atomic E-state index is 10.6. The zero-order chi connectivity index (χ0) is 21.0. The van der Waals surface area contributed by atoms with E-state index in [-0.39, 0.29) is 6.04 Å². The molecule has 2 aromatic heterocycles. The molecule has 4 rings (SSSR count). The number of carboxylic acids is 1. The van der Waals surface area contributed by atoms with Crippen LogP contribution in [0.25, 0.3) is 11.3 Å². The highest BCUT2D eigenvalue weighted by Crippen LogP contribution is 2.29. The van der Waals surface area contributed by atoms with Crippen molar-refractivity contribution in [1.82, 2.24) is 15.1 Å². The Morgan fingerprint density at radius 1 is 1.34 bits per heavy atom. The summed E-state index contributed by atoms with van der Waals surface area (Å²) < 4.78 is 31.7. The minimum Gasteiger partial charge on any atom is -0.475 e. The summed E-state index contributed by atoms with van der Waals surface area (Å²) in [5, 5.41) is 18.7. The molecule has 1 aliphatic heterocycles. The van der Waals surface area contributed by atoms with Gasteiger partial charge in [-0.3, -0.25) is 10.00 Å². The molecular formula is C19H19F3N4O2S. The molecule has 0 fully saturated rings. The summed E-state index contributed by atoms with van der Waals surface area (Å²) in [6, 6.07) is 10.7. The highest BCUT2D eigenvalue weighted by molar-refractivity contribution is 7.08. The highest BCUT2D eigenvalue weighted by atomic mass is 32.1. The number of carbonyl (C=O) groups is 1. The second-order valence-electron chi connectivity index (χ2n) is 6.56. The number of thiophene rings is 1. The van der Waals surface area contributed by atoms with Crippen molar-refractivity contribution in [2.75, 3.05) is 6.54 Å². The van der Waals surface area contributed by atoms with Crippen LogP contribution in [0.3, 0.4) is 0 Å². The summed E-state index contributed by atoms with van der Waals surface area (Å²) >= 11 is 1.70. The Morgan fingerprint density at radius 3 is 2.72 bits per heavy atom. The van der Waals surface area contributed by atoms with Gasteiger partial charge in [0.15, 0.2) is 0 Å². The van der Waals surface area contributed by atoms with Crippen molar-refractivity contribution in [3.8, 4) is 11.3 Å². The molecule has 6 nitrogen and oxygen atoms in total. The number of nitrogens with one attached hydrogen (secondary N) is 1. The van der Waals surface area contributed by atoms with Crippen LogP contribution in [0.5, 0.6) is 0 Å². The van der Waals surface area contributed by atoms with Crippen molar-refractivity contribution >= 4 is 17.3 Å². The molecule has 10 heteroatoms. The standard InChI is InChI=1S/C17H18N4S.C2HF3O2/c18-16-10-21(8-12-3-1-2-4-15(12)16)9-14-7-19-20-17(14)13-5-6-22-11-13;3-2(4,5)1(6)7/h1-7,11,16H,8-10,18H2,(H,19,20);(H,6,7). The Morgan fingerprint density at radius 2 is 2.07 bits per heavy atom. The van der Waals surface area contributed by atoms with Crippen LogP contribution in [0.15, 0.2) is 47.3 Å². The molecule has 154 valence electrons. The predicted molar refractivity (Wildman–Crippen MR) is 103 cm³/mol. The average molecular weight is 424 g/mol. The summed E-state index contributed by atoms with van der Waals surface area (Å²) in [5.74, 6) is -2.76. The van der Waals surface area contributed by atoms with Gasteiger partial charge in [-0.1, -0.05) is 24.3 Å². The smallest absolute Gasteiger partial charge is 0.475 e. The first-order chi connectivity index (χ1) is 13.8. The summed E-state index contributed by atoms with van der Waals surface area (Å²) in [6.07, 6.45) is -3.15. The molecule has 0 radical (unpaired) electrons. The first-order valence-electron chi connectivity index (χ1n) is 8.66. The van der Waals surface area contributed by atoms with Gasteiger partial charge in [0.1, 0.15) is 0 Å². The molecule has 29 heavy (non-hydrogen) atoms. The maximum Gasteiger partial charge on any atom is 0.490 e. The summed E-state index contributed by atoms with van der Waals surface area (Å²) in [4.78, 5) is 11.3. The Hall–Kier alpha value is -2.69. The van der Waals surface area contributed by atoms with Crippen LogP contribution >= 0.6 is 11.3 Å². The van der Waals surface area contributed by atoms with Crippen LogP contribution in [0.4, 0.5) is 13.2 Å². The number of carboxylic acid groups (broad SMARTS) is 1. The van der Waals surface area contributed by atoms with Crippen LogP contribution in [-0.2, 0) is 17.9 Å². The van der Waals surface area contributed by atoms with Gasteiger partial charge >= 0.3 is 12.1 Å². The molecule has 0 saturated heterocycles.